The Morgan fingerprint density at radius 3 is 2.60 bits per heavy atom. The molecule has 1 saturated heterocycles. The van der Waals surface area contributed by atoms with Gasteiger partial charge >= 0.3 is 0 Å². The van der Waals surface area contributed by atoms with E-state index in [0.717, 1.165) is 36.9 Å². The van der Waals surface area contributed by atoms with Gasteiger partial charge < -0.3 is 20.1 Å². The highest BCUT2D eigenvalue weighted by atomic mass is 16.5. The minimum atomic E-state index is 0.294. The van der Waals surface area contributed by atoms with E-state index in [2.05, 4.69) is 37.6 Å². The Hall–Kier alpha value is -2.80. The molecule has 1 aliphatic rings. The number of ether oxygens (including phenoxy) is 2. The average molecular weight is 412 g/mol. The fraction of sp³-hybridized carbons (Fsp3) is 0.478. The molecule has 2 N–H and O–H groups in total. The second-order valence-corrected chi connectivity index (χ2v) is 7.27. The van der Waals surface area contributed by atoms with E-state index < -0.39 is 0 Å². The van der Waals surface area contributed by atoms with Crippen LogP contribution in [0, 0.1) is 0 Å². The van der Waals surface area contributed by atoms with E-state index in [1.165, 1.54) is 18.4 Å². The van der Waals surface area contributed by atoms with E-state index in [1.54, 1.807) is 20.4 Å². The Morgan fingerprint density at radius 1 is 1.17 bits per heavy atom. The number of methoxy groups -OCH3 is 1. The van der Waals surface area contributed by atoms with Crippen molar-refractivity contribution in [2.45, 2.75) is 32.4 Å². The van der Waals surface area contributed by atoms with Gasteiger partial charge in [0.25, 0.3) is 0 Å². The van der Waals surface area contributed by atoms with Gasteiger partial charge in [-0.1, -0.05) is 12.1 Å². The zero-order valence-corrected chi connectivity index (χ0v) is 18.2. The molecule has 1 aliphatic heterocycles. The zero-order chi connectivity index (χ0) is 21.2. The lowest BCUT2D eigenvalue weighted by atomic mass is 10.1. The standard InChI is InChI=1S/C23H33N5O2/c1-4-30-22-15-18(11-12-25-22)16-26-23(24-2)27-17-21(28-13-5-6-14-28)19-7-9-20(29-3)10-8-19/h7-12,15,21H,4-6,13-14,16-17H2,1-3H3,(H2,24,26,27). The third-order valence-electron chi connectivity index (χ3n) is 5.32. The Kier molecular flexibility index (Phi) is 8.32. The summed E-state index contributed by atoms with van der Waals surface area (Å²) in [5.74, 6) is 2.31. The summed E-state index contributed by atoms with van der Waals surface area (Å²) in [4.78, 5) is 11.1. The Morgan fingerprint density at radius 2 is 1.93 bits per heavy atom. The molecule has 0 radical (unpaired) electrons. The number of benzene rings is 1. The lowest BCUT2D eigenvalue weighted by Gasteiger charge is -2.29. The van der Waals surface area contributed by atoms with Crippen LogP contribution in [0.3, 0.4) is 0 Å². The van der Waals surface area contributed by atoms with Gasteiger partial charge in [-0.2, -0.15) is 0 Å². The molecule has 1 aromatic heterocycles. The molecule has 0 aliphatic carbocycles. The molecule has 30 heavy (non-hydrogen) atoms. The highest BCUT2D eigenvalue weighted by Crippen LogP contribution is 2.26. The molecule has 7 nitrogen and oxygen atoms in total. The largest absolute Gasteiger partial charge is 0.497 e. The van der Waals surface area contributed by atoms with Gasteiger partial charge in [0.1, 0.15) is 5.75 Å². The van der Waals surface area contributed by atoms with Crippen LogP contribution in [0.15, 0.2) is 47.6 Å². The lowest BCUT2D eigenvalue weighted by molar-refractivity contribution is 0.245. The number of hydrogen-bond donors (Lipinski definition) is 2. The summed E-state index contributed by atoms with van der Waals surface area (Å²) in [6.07, 6.45) is 4.28. The molecule has 0 bridgehead atoms. The summed E-state index contributed by atoms with van der Waals surface area (Å²) in [5.41, 5.74) is 2.39. The molecular weight excluding hydrogens is 378 g/mol. The number of aliphatic imine (C=N–C) groups is 1. The van der Waals surface area contributed by atoms with Gasteiger partial charge in [0.2, 0.25) is 5.88 Å². The molecule has 7 heteroatoms. The zero-order valence-electron chi connectivity index (χ0n) is 18.2. The number of aromatic nitrogens is 1. The third kappa shape index (κ3) is 6.10. The van der Waals surface area contributed by atoms with Crippen LogP contribution < -0.4 is 20.1 Å². The van der Waals surface area contributed by atoms with Crippen molar-refractivity contribution in [3.63, 3.8) is 0 Å². The number of likely N-dealkylation sites (tertiary alicyclic amines) is 1. The fourth-order valence-electron chi connectivity index (χ4n) is 3.72. The normalized spacial score (nSPS) is 15.6. The van der Waals surface area contributed by atoms with E-state index in [0.29, 0.717) is 25.1 Å². The van der Waals surface area contributed by atoms with Gasteiger partial charge in [-0.05, 0) is 62.2 Å². The Balaban J connectivity index is 1.60. The van der Waals surface area contributed by atoms with Crippen LogP contribution in [0.4, 0.5) is 0 Å². The maximum Gasteiger partial charge on any atom is 0.213 e. The van der Waals surface area contributed by atoms with Crippen LogP contribution in [-0.4, -0.2) is 56.2 Å². The van der Waals surface area contributed by atoms with Crippen molar-refractivity contribution in [1.82, 2.24) is 20.5 Å². The number of nitrogens with zero attached hydrogens (tertiary/aromatic N) is 3. The maximum atomic E-state index is 5.48. The smallest absolute Gasteiger partial charge is 0.213 e. The molecule has 1 atom stereocenters. The van der Waals surface area contributed by atoms with E-state index in [1.807, 2.05) is 31.2 Å². The highest BCUT2D eigenvalue weighted by molar-refractivity contribution is 5.79. The molecule has 0 amide bonds. The number of guanidine groups is 1. The molecule has 1 aromatic carbocycles. The summed E-state index contributed by atoms with van der Waals surface area (Å²) in [6.45, 7) is 6.25. The lowest BCUT2D eigenvalue weighted by Crippen LogP contribution is -2.42. The van der Waals surface area contributed by atoms with Crippen LogP contribution in [-0.2, 0) is 6.54 Å². The number of pyridine rings is 1. The third-order valence-corrected chi connectivity index (χ3v) is 5.32. The van der Waals surface area contributed by atoms with Crippen molar-refractivity contribution in [1.29, 1.82) is 0 Å². The van der Waals surface area contributed by atoms with Crippen LogP contribution in [0.5, 0.6) is 11.6 Å². The Bertz CT molecular complexity index is 803. The van der Waals surface area contributed by atoms with Gasteiger partial charge in [-0.3, -0.25) is 9.89 Å². The molecule has 2 aromatic rings. The summed E-state index contributed by atoms with van der Waals surface area (Å²) in [7, 11) is 3.50. The molecule has 0 spiro atoms. The monoisotopic (exact) mass is 411 g/mol. The van der Waals surface area contributed by atoms with Crippen molar-refractivity contribution in [3.05, 3.63) is 53.7 Å². The van der Waals surface area contributed by atoms with Crippen molar-refractivity contribution in [2.75, 3.05) is 40.4 Å². The number of nitrogens with one attached hydrogen (secondary N) is 2. The molecule has 1 unspecified atom stereocenters. The molecule has 2 heterocycles. The van der Waals surface area contributed by atoms with Gasteiger partial charge in [-0.15, -0.1) is 0 Å². The predicted octanol–water partition coefficient (Wildman–Crippen LogP) is 2.99. The topological polar surface area (TPSA) is 71.0 Å². The summed E-state index contributed by atoms with van der Waals surface area (Å²) >= 11 is 0. The minimum absolute atomic E-state index is 0.294. The van der Waals surface area contributed by atoms with E-state index in [4.69, 9.17) is 9.47 Å². The van der Waals surface area contributed by atoms with Crippen LogP contribution in [0.1, 0.15) is 36.9 Å². The predicted molar refractivity (Wildman–Crippen MR) is 120 cm³/mol. The first-order valence-corrected chi connectivity index (χ1v) is 10.6. The number of hydrogen-bond acceptors (Lipinski definition) is 5. The van der Waals surface area contributed by atoms with Crippen molar-refractivity contribution < 1.29 is 9.47 Å². The van der Waals surface area contributed by atoms with Crippen molar-refractivity contribution >= 4 is 5.96 Å². The quantitative estimate of drug-likeness (QED) is 0.488. The minimum Gasteiger partial charge on any atom is -0.497 e. The van der Waals surface area contributed by atoms with Crippen LogP contribution >= 0.6 is 0 Å². The van der Waals surface area contributed by atoms with Crippen LogP contribution in [0.25, 0.3) is 0 Å². The second-order valence-electron chi connectivity index (χ2n) is 7.27. The summed E-state index contributed by atoms with van der Waals surface area (Å²) in [5, 5.41) is 6.89. The molecule has 3 rings (SSSR count). The first-order chi connectivity index (χ1) is 14.7. The fourth-order valence-corrected chi connectivity index (χ4v) is 3.72. The average Bonchev–Trinajstić information content (AvgIpc) is 3.31. The van der Waals surface area contributed by atoms with E-state index >= 15 is 0 Å². The Labute approximate surface area is 179 Å². The van der Waals surface area contributed by atoms with Crippen molar-refractivity contribution in [2.24, 2.45) is 4.99 Å². The molecular formula is C23H33N5O2. The SMILES string of the molecule is CCOc1cc(CNC(=NC)NCC(c2ccc(OC)cc2)N2CCCC2)ccn1. The van der Waals surface area contributed by atoms with Gasteiger partial charge in [0, 0.05) is 32.4 Å². The second kappa shape index (κ2) is 11.4. The van der Waals surface area contributed by atoms with Gasteiger partial charge in [0.15, 0.2) is 5.96 Å². The molecule has 162 valence electrons. The molecule has 0 saturated carbocycles. The summed E-state index contributed by atoms with van der Waals surface area (Å²) < 4.78 is 10.8. The van der Waals surface area contributed by atoms with E-state index in [-0.39, 0.29) is 0 Å². The first-order valence-electron chi connectivity index (χ1n) is 10.6. The van der Waals surface area contributed by atoms with Gasteiger partial charge in [0.05, 0.1) is 19.8 Å². The summed E-state index contributed by atoms with van der Waals surface area (Å²) in [6, 6.07) is 12.6. The molecule has 1 fully saturated rings. The van der Waals surface area contributed by atoms with Crippen molar-refractivity contribution in [3.8, 4) is 11.6 Å². The maximum absolute atomic E-state index is 5.48. The number of rotatable bonds is 9. The van der Waals surface area contributed by atoms with Gasteiger partial charge in [-0.25, -0.2) is 4.98 Å². The van der Waals surface area contributed by atoms with E-state index in [9.17, 15) is 0 Å². The first kappa shape index (κ1) is 21.9. The highest BCUT2D eigenvalue weighted by Gasteiger charge is 2.23. The van der Waals surface area contributed by atoms with Crippen LogP contribution in [0.2, 0.25) is 0 Å².